The first kappa shape index (κ1) is 11.5. The van der Waals surface area contributed by atoms with Gasteiger partial charge in [0.1, 0.15) is 5.75 Å². The Labute approximate surface area is 97.5 Å². The number of nitrogens with two attached hydrogens (primary N) is 1. The average molecular weight is 219 g/mol. The van der Waals surface area contributed by atoms with Gasteiger partial charge in [0, 0.05) is 12.0 Å². The van der Waals surface area contributed by atoms with E-state index in [0.29, 0.717) is 5.75 Å². The molecule has 0 radical (unpaired) electrons. The zero-order chi connectivity index (χ0) is 11.9. The van der Waals surface area contributed by atoms with Crippen LogP contribution in [0, 0.1) is 20.8 Å². The molecule has 0 unspecified atom stereocenters. The van der Waals surface area contributed by atoms with E-state index in [9.17, 15) is 5.11 Å². The summed E-state index contributed by atoms with van der Waals surface area (Å²) < 4.78 is 0. The van der Waals surface area contributed by atoms with Gasteiger partial charge < -0.3 is 10.8 Å². The molecule has 1 saturated carbocycles. The fraction of sp³-hybridized carbons (Fsp3) is 0.571. The summed E-state index contributed by atoms with van der Waals surface area (Å²) in [5.74, 6) is 0.438. The van der Waals surface area contributed by atoms with E-state index in [2.05, 4.69) is 13.0 Å². The SMILES string of the molecule is Cc1cc(C2(CN)CCC2)c(C)c(C)c1O. The van der Waals surface area contributed by atoms with Gasteiger partial charge in [0.15, 0.2) is 0 Å². The summed E-state index contributed by atoms with van der Waals surface area (Å²) in [7, 11) is 0. The van der Waals surface area contributed by atoms with Crippen LogP contribution in [0.3, 0.4) is 0 Å². The molecule has 1 aromatic carbocycles. The Morgan fingerprint density at radius 2 is 1.88 bits per heavy atom. The van der Waals surface area contributed by atoms with Crippen LogP contribution >= 0.6 is 0 Å². The normalized spacial score (nSPS) is 18.2. The third kappa shape index (κ3) is 1.44. The maximum atomic E-state index is 9.91. The van der Waals surface area contributed by atoms with Crippen molar-refractivity contribution in [1.29, 1.82) is 0 Å². The van der Waals surface area contributed by atoms with Crippen LogP contribution in [0.5, 0.6) is 5.75 Å². The zero-order valence-corrected chi connectivity index (χ0v) is 10.4. The van der Waals surface area contributed by atoms with Crippen LogP contribution in [0.2, 0.25) is 0 Å². The van der Waals surface area contributed by atoms with Crippen LogP contribution in [0.25, 0.3) is 0 Å². The van der Waals surface area contributed by atoms with Gasteiger partial charge in [-0.15, -0.1) is 0 Å². The Morgan fingerprint density at radius 1 is 1.25 bits per heavy atom. The highest BCUT2D eigenvalue weighted by molar-refractivity contribution is 5.51. The fourth-order valence-electron chi connectivity index (χ4n) is 2.81. The van der Waals surface area contributed by atoms with E-state index in [0.717, 1.165) is 17.7 Å². The monoisotopic (exact) mass is 219 g/mol. The topological polar surface area (TPSA) is 46.2 Å². The second-order valence-electron chi connectivity index (χ2n) is 5.18. The summed E-state index contributed by atoms with van der Waals surface area (Å²) in [6.45, 7) is 6.77. The lowest BCUT2D eigenvalue weighted by Gasteiger charge is -2.43. The molecule has 0 aromatic heterocycles. The lowest BCUT2D eigenvalue weighted by atomic mass is 9.63. The highest BCUT2D eigenvalue weighted by Gasteiger charge is 2.38. The Morgan fingerprint density at radius 3 is 2.31 bits per heavy atom. The summed E-state index contributed by atoms with van der Waals surface area (Å²) in [5.41, 5.74) is 10.7. The maximum absolute atomic E-state index is 9.91. The van der Waals surface area contributed by atoms with E-state index in [-0.39, 0.29) is 5.41 Å². The minimum atomic E-state index is 0.188. The van der Waals surface area contributed by atoms with Gasteiger partial charge in [-0.05, 0) is 55.9 Å². The Hall–Kier alpha value is -1.02. The van der Waals surface area contributed by atoms with Gasteiger partial charge in [-0.1, -0.05) is 12.5 Å². The van der Waals surface area contributed by atoms with Crippen LogP contribution < -0.4 is 5.73 Å². The summed E-state index contributed by atoms with van der Waals surface area (Å²) >= 11 is 0. The molecular formula is C14H21NO. The third-order valence-electron chi connectivity index (χ3n) is 4.33. The molecule has 1 fully saturated rings. The standard InChI is InChI=1S/C14H21NO/c1-9-7-12(10(2)11(3)13(9)16)14(8-15)5-4-6-14/h7,16H,4-6,8,15H2,1-3H3. The first-order valence-corrected chi connectivity index (χ1v) is 6.02. The van der Waals surface area contributed by atoms with Crippen LogP contribution in [0.1, 0.15) is 41.5 Å². The Kier molecular flexibility index (Phi) is 2.70. The third-order valence-corrected chi connectivity index (χ3v) is 4.33. The predicted molar refractivity (Wildman–Crippen MR) is 66.9 cm³/mol. The van der Waals surface area contributed by atoms with Crippen molar-refractivity contribution in [3.63, 3.8) is 0 Å². The number of hydrogen-bond acceptors (Lipinski definition) is 2. The van der Waals surface area contributed by atoms with Crippen LogP contribution in [0.4, 0.5) is 0 Å². The predicted octanol–water partition coefficient (Wildman–Crippen LogP) is 2.70. The number of benzene rings is 1. The van der Waals surface area contributed by atoms with Gasteiger partial charge in [0.05, 0.1) is 0 Å². The lowest BCUT2D eigenvalue weighted by Crippen LogP contribution is -2.42. The van der Waals surface area contributed by atoms with Crippen molar-refractivity contribution in [2.75, 3.05) is 6.54 Å². The van der Waals surface area contributed by atoms with Gasteiger partial charge >= 0.3 is 0 Å². The zero-order valence-electron chi connectivity index (χ0n) is 10.4. The van der Waals surface area contributed by atoms with Crippen LogP contribution in [0.15, 0.2) is 6.07 Å². The smallest absolute Gasteiger partial charge is 0.121 e. The number of phenols is 1. The first-order chi connectivity index (χ1) is 7.52. The van der Waals surface area contributed by atoms with E-state index in [1.165, 1.54) is 30.4 Å². The molecule has 1 aromatic rings. The number of phenolic OH excluding ortho intramolecular Hbond substituents is 1. The molecular weight excluding hydrogens is 198 g/mol. The number of hydrogen-bond donors (Lipinski definition) is 2. The van der Waals surface area contributed by atoms with Gasteiger partial charge in [-0.3, -0.25) is 0 Å². The highest BCUT2D eigenvalue weighted by atomic mass is 16.3. The highest BCUT2D eigenvalue weighted by Crippen LogP contribution is 2.46. The molecule has 0 atom stereocenters. The van der Waals surface area contributed by atoms with Crippen molar-refractivity contribution in [2.45, 2.75) is 45.4 Å². The Bertz CT molecular complexity index is 414. The minimum Gasteiger partial charge on any atom is -0.507 e. The molecule has 2 nitrogen and oxygen atoms in total. The molecule has 0 aliphatic heterocycles. The molecule has 16 heavy (non-hydrogen) atoms. The molecule has 0 spiro atoms. The van der Waals surface area contributed by atoms with Crippen molar-refractivity contribution in [3.05, 3.63) is 28.3 Å². The van der Waals surface area contributed by atoms with Crippen molar-refractivity contribution < 1.29 is 5.11 Å². The van der Waals surface area contributed by atoms with E-state index < -0.39 is 0 Å². The van der Waals surface area contributed by atoms with E-state index >= 15 is 0 Å². The quantitative estimate of drug-likeness (QED) is 0.803. The van der Waals surface area contributed by atoms with Crippen molar-refractivity contribution in [2.24, 2.45) is 5.73 Å². The molecule has 88 valence electrons. The largest absolute Gasteiger partial charge is 0.507 e. The molecule has 1 aliphatic carbocycles. The molecule has 0 saturated heterocycles. The van der Waals surface area contributed by atoms with Gasteiger partial charge in [0.25, 0.3) is 0 Å². The Balaban J connectivity index is 2.57. The van der Waals surface area contributed by atoms with Crippen molar-refractivity contribution in [3.8, 4) is 5.75 Å². The summed E-state index contributed by atoms with van der Waals surface area (Å²) in [6.07, 6.45) is 3.65. The number of aromatic hydroxyl groups is 1. The second kappa shape index (κ2) is 3.77. The van der Waals surface area contributed by atoms with E-state index in [1.807, 2.05) is 13.8 Å². The van der Waals surface area contributed by atoms with E-state index in [4.69, 9.17) is 5.73 Å². The molecule has 0 heterocycles. The second-order valence-corrected chi connectivity index (χ2v) is 5.18. The fourth-order valence-corrected chi connectivity index (χ4v) is 2.81. The molecule has 3 N–H and O–H groups in total. The maximum Gasteiger partial charge on any atom is 0.121 e. The van der Waals surface area contributed by atoms with Gasteiger partial charge in [0.2, 0.25) is 0 Å². The number of rotatable bonds is 2. The van der Waals surface area contributed by atoms with Crippen molar-refractivity contribution >= 4 is 0 Å². The molecule has 0 bridgehead atoms. The van der Waals surface area contributed by atoms with Crippen molar-refractivity contribution in [1.82, 2.24) is 0 Å². The summed E-state index contributed by atoms with van der Waals surface area (Å²) in [4.78, 5) is 0. The molecule has 1 aliphatic rings. The first-order valence-electron chi connectivity index (χ1n) is 6.02. The molecule has 2 rings (SSSR count). The summed E-state index contributed by atoms with van der Waals surface area (Å²) in [6, 6.07) is 2.13. The average Bonchev–Trinajstić information content (AvgIpc) is 2.21. The van der Waals surface area contributed by atoms with Crippen LogP contribution in [-0.4, -0.2) is 11.7 Å². The molecule has 2 heteroatoms. The van der Waals surface area contributed by atoms with Gasteiger partial charge in [-0.25, -0.2) is 0 Å². The lowest BCUT2D eigenvalue weighted by molar-refractivity contribution is 0.251. The number of aryl methyl sites for hydroxylation is 1. The molecule has 0 amide bonds. The summed E-state index contributed by atoms with van der Waals surface area (Å²) in [5, 5.41) is 9.91. The van der Waals surface area contributed by atoms with Gasteiger partial charge in [-0.2, -0.15) is 0 Å². The minimum absolute atomic E-state index is 0.188. The van der Waals surface area contributed by atoms with E-state index in [1.54, 1.807) is 0 Å². The van der Waals surface area contributed by atoms with Crippen LogP contribution in [-0.2, 0) is 5.41 Å².